The molecule has 0 aromatic heterocycles. The third-order valence-corrected chi connectivity index (χ3v) is 4.19. The number of nitrogens with one attached hydrogen (secondary N) is 1. The van der Waals surface area contributed by atoms with Gasteiger partial charge in [-0.05, 0) is 19.1 Å². The van der Waals surface area contributed by atoms with Crippen molar-refractivity contribution in [2.75, 3.05) is 4.72 Å². The fraction of sp³-hybridized carbons (Fsp3) is 0.0769. The Morgan fingerprint density at radius 3 is 2.23 bits per heavy atom. The molecule has 2 aromatic rings. The monoisotopic (exact) mass is 328 g/mol. The van der Waals surface area contributed by atoms with Gasteiger partial charge in [0.1, 0.15) is 0 Å². The van der Waals surface area contributed by atoms with Crippen molar-refractivity contribution < 1.29 is 22.1 Å². The van der Waals surface area contributed by atoms with Crippen molar-refractivity contribution in [1.29, 1.82) is 0 Å². The number of sulfonamides is 1. The van der Waals surface area contributed by atoms with Crippen LogP contribution in [0.3, 0.4) is 0 Å². The van der Waals surface area contributed by atoms with E-state index < -0.39 is 38.0 Å². The van der Waals surface area contributed by atoms with Crippen LogP contribution in [-0.2, 0) is 10.0 Å². The lowest BCUT2D eigenvalue weighted by Crippen LogP contribution is -2.14. The van der Waals surface area contributed by atoms with Crippen molar-refractivity contribution >= 4 is 21.4 Å². The average Bonchev–Trinajstić information content (AvgIpc) is 2.42. The number of rotatable bonds is 4. The number of nitrogens with zero attached hydrogens (tertiary/aromatic N) is 1. The van der Waals surface area contributed by atoms with Crippen LogP contribution in [0.5, 0.6) is 0 Å². The molecular formula is C13H10F2N2O4S. The summed E-state index contributed by atoms with van der Waals surface area (Å²) in [6.07, 6.45) is 0. The van der Waals surface area contributed by atoms with Gasteiger partial charge in [-0.25, -0.2) is 12.8 Å². The van der Waals surface area contributed by atoms with Crippen LogP contribution in [-0.4, -0.2) is 13.3 Å². The number of nitro groups is 1. The number of halogens is 2. The summed E-state index contributed by atoms with van der Waals surface area (Å²) in [5.74, 6) is -2.59. The van der Waals surface area contributed by atoms with Crippen molar-refractivity contribution in [3.63, 3.8) is 0 Å². The maximum absolute atomic E-state index is 13.7. The van der Waals surface area contributed by atoms with Crippen LogP contribution in [0.2, 0.25) is 0 Å². The molecule has 0 fully saturated rings. The van der Waals surface area contributed by atoms with Crippen LogP contribution in [0.4, 0.5) is 20.2 Å². The smallest absolute Gasteiger partial charge is 0.277 e. The predicted molar refractivity (Wildman–Crippen MR) is 75.0 cm³/mol. The van der Waals surface area contributed by atoms with E-state index in [1.165, 1.54) is 12.1 Å². The highest BCUT2D eigenvalue weighted by atomic mass is 32.2. The van der Waals surface area contributed by atoms with E-state index in [9.17, 15) is 27.3 Å². The zero-order valence-corrected chi connectivity index (χ0v) is 12.0. The van der Waals surface area contributed by atoms with Crippen molar-refractivity contribution in [3.05, 3.63) is 63.7 Å². The van der Waals surface area contributed by atoms with Crippen LogP contribution < -0.4 is 4.72 Å². The lowest BCUT2D eigenvalue weighted by molar-refractivity contribution is -0.387. The fourth-order valence-electron chi connectivity index (χ4n) is 1.68. The molecule has 0 saturated carbocycles. The Bertz CT molecular complexity index is 836. The summed E-state index contributed by atoms with van der Waals surface area (Å²) in [7, 11) is -4.13. The van der Waals surface area contributed by atoms with Gasteiger partial charge in [0.25, 0.3) is 10.0 Å². The number of aryl methyl sites for hydroxylation is 1. The molecule has 116 valence electrons. The minimum Gasteiger partial charge on any atom is -0.277 e. The molecule has 0 bridgehead atoms. The lowest BCUT2D eigenvalue weighted by Gasteiger charge is -2.09. The molecule has 0 saturated heterocycles. The first-order valence-electron chi connectivity index (χ1n) is 5.93. The zero-order chi connectivity index (χ0) is 16.5. The summed E-state index contributed by atoms with van der Waals surface area (Å²) in [5, 5.41) is 10.5. The molecule has 6 nitrogen and oxygen atoms in total. The minimum absolute atomic E-state index is 0.142. The second kappa shape index (κ2) is 5.68. The number of hydrogen-bond acceptors (Lipinski definition) is 4. The number of nitro benzene ring substituents is 1. The molecule has 0 unspecified atom stereocenters. The molecule has 0 aliphatic carbocycles. The van der Waals surface area contributed by atoms with E-state index in [0.717, 1.165) is 5.56 Å². The van der Waals surface area contributed by atoms with Gasteiger partial charge in [0.2, 0.25) is 5.82 Å². The van der Waals surface area contributed by atoms with Crippen molar-refractivity contribution in [2.45, 2.75) is 11.8 Å². The van der Waals surface area contributed by atoms with Crippen LogP contribution in [0, 0.1) is 28.7 Å². The van der Waals surface area contributed by atoms with Crippen molar-refractivity contribution in [3.8, 4) is 0 Å². The standard InChI is InChI=1S/C13H10F2N2O4S/c1-8-2-4-9(5-3-8)22(20,21)16-12-6-11(15)13(17(18)19)7-10(12)14/h2-7,16H,1H3. The lowest BCUT2D eigenvalue weighted by atomic mass is 10.2. The molecule has 2 rings (SSSR count). The Morgan fingerprint density at radius 2 is 1.68 bits per heavy atom. The molecule has 9 heteroatoms. The van der Waals surface area contributed by atoms with Gasteiger partial charge in [-0.3, -0.25) is 14.8 Å². The number of hydrogen-bond donors (Lipinski definition) is 1. The Balaban J connectivity index is 2.40. The van der Waals surface area contributed by atoms with Gasteiger partial charge in [-0.2, -0.15) is 4.39 Å². The molecule has 0 aliphatic heterocycles. The molecule has 0 amide bonds. The zero-order valence-electron chi connectivity index (χ0n) is 11.2. The third-order valence-electron chi connectivity index (χ3n) is 2.81. The molecule has 0 radical (unpaired) electrons. The molecule has 1 N–H and O–H groups in total. The van der Waals surface area contributed by atoms with Gasteiger partial charge in [-0.15, -0.1) is 0 Å². The van der Waals surface area contributed by atoms with E-state index in [2.05, 4.69) is 0 Å². The Kier molecular flexibility index (Phi) is 4.09. The van der Waals surface area contributed by atoms with E-state index in [0.29, 0.717) is 12.1 Å². The van der Waals surface area contributed by atoms with Gasteiger partial charge in [0, 0.05) is 6.07 Å². The summed E-state index contributed by atoms with van der Waals surface area (Å²) in [6.45, 7) is 1.76. The summed E-state index contributed by atoms with van der Waals surface area (Å²) >= 11 is 0. The first kappa shape index (κ1) is 15.8. The molecule has 22 heavy (non-hydrogen) atoms. The van der Waals surface area contributed by atoms with E-state index in [4.69, 9.17) is 0 Å². The topological polar surface area (TPSA) is 89.3 Å². The second-order valence-corrected chi connectivity index (χ2v) is 6.14. The number of benzene rings is 2. The SMILES string of the molecule is Cc1ccc(S(=O)(=O)Nc2cc(F)c([N+](=O)[O-])cc2F)cc1. The average molecular weight is 328 g/mol. The van der Waals surface area contributed by atoms with Crippen molar-refractivity contribution in [1.82, 2.24) is 0 Å². The summed E-state index contributed by atoms with van der Waals surface area (Å²) in [5.41, 5.74) is -0.953. The predicted octanol–water partition coefficient (Wildman–Crippen LogP) is 2.98. The first-order chi connectivity index (χ1) is 10.2. The van der Waals surface area contributed by atoms with Crippen molar-refractivity contribution in [2.24, 2.45) is 0 Å². The Labute approximate surface area is 124 Å². The number of anilines is 1. The van der Waals surface area contributed by atoms with Crippen LogP contribution in [0.25, 0.3) is 0 Å². The van der Waals surface area contributed by atoms with Gasteiger partial charge in [0.15, 0.2) is 5.82 Å². The molecular weight excluding hydrogens is 318 g/mol. The molecule has 0 aliphatic rings. The summed E-state index contributed by atoms with van der Waals surface area (Å²) in [6, 6.07) is 6.44. The quantitative estimate of drug-likeness (QED) is 0.690. The highest BCUT2D eigenvalue weighted by Gasteiger charge is 2.22. The normalized spacial score (nSPS) is 11.2. The molecule has 2 aromatic carbocycles. The minimum atomic E-state index is -4.13. The summed E-state index contributed by atoms with van der Waals surface area (Å²) < 4.78 is 53.2. The Morgan fingerprint density at radius 1 is 1.09 bits per heavy atom. The van der Waals surface area contributed by atoms with E-state index in [-0.39, 0.29) is 4.90 Å². The van der Waals surface area contributed by atoms with Gasteiger partial charge in [-0.1, -0.05) is 17.7 Å². The Hall–Kier alpha value is -2.55. The van der Waals surface area contributed by atoms with Crippen LogP contribution in [0.1, 0.15) is 5.56 Å². The largest absolute Gasteiger partial charge is 0.307 e. The highest BCUT2D eigenvalue weighted by Crippen LogP contribution is 2.26. The second-order valence-electron chi connectivity index (χ2n) is 4.46. The first-order valence-corrected chi connectivity index (χ1v) is 7.42. The van der Waals surface area contributed by atoms with Crippen LogP contribution in [0.15, 0.2) is 41.3 Å². The fourth-order valence-corrected chi connectivity index (χ4v) is 2.73. The van der Waals surface area contributed by atoms with Crippen LogP contribution >= 0.6 is 0 Å². The van der Waals surface area contributed by atoms with Gasteiger partial charge < -0.3 is 0 Å². The van der Waals surface area contributed by atoms with E-state index in [1.54, 1.807) is 19.1 Å². The summed E-state index contributed by atoms with van der Waals surface area (Å²) in [4.78, 5) is 9.24. The molecule has 0 atom stereocenters. The third kappa shape index (κ3) is 3.19. The highest BCUT2D eigenvalue weighted by molar-refractivity contribution is 7.92. The molecule has 0 spiro atoms. The maximum atomic E-state index is 13.7. The maximum Gasteiger partial charge on any atom is 0.307 e. The van der Waals surface area contributed by atoms with E-state index in [1.807, 2.05) is 4.72 Å². The van der Waals surface area contributed by atoms with Gasteiger partial charge in [0.05, 0.1) is 21.6 Å². The van der Waals surface area contributed by atoms with E-state index >= 15 is 0 Å². The van der Waals surface area contributed by atoms with Gasteiger partial charge >= 0.3 is 5.69 Å². The molecule has 0 heterocycles.